The maximum atomic E-state index is 9.05. The monoisotopic (exact) mass is 230 g/mol. The van der Waals surface area contributed by atoms with Crippen LogP contribution in [0.15, 0.2) is 5.38 Å². The average molecular weight is 230 g/mol. The van der Waals surface area contributed by atoms with Crippen molar-refractivity contribution in [3.63, 3.8) is 0 Å². The zero-order valence-electron chi connectivity index (χ0n) is 9.19. The Morgan fingerprint density at radius 1 is 1.67 bits per heavy atom. The van der Waals surface area contributed by atoms with E-state index in [2.05, 4.69) is 10.3 Å². The summed E-state index contributed by atoms with van der Waals surface area (Å²) in [4.78, 5) is 4.39. The van der Waals surface area contributed by atoms with Crippen molar-refractivity contribution in [2.45, 2.75) is 32.6 Å². The summed E-state index contributed by atoms with van der Waals surface area (Å²) in [5.74, 6) is 0. The van der Waals surface area contributed by atoms with Gasteiger partial charge in [-0.05, 0) is 19.9 Å². The number of thiazole rings is 1. The Labute approximate surface area is 94.3 Å². The standard InChI is InChI=1S/C10H18N2O2S/c1-8(13)3-4-11-5-9-7-15-10(12-9)6-14-2/h7-8,11,13H,3-6H2,1-2H3. The molecule has 0 fully saturated rings. The van der Waals surface area contributed by atoms with Gasteiger partial charge in [-0.3, -0.25) is 0 Å². The van der Waals surface area contributed by atoms with Crippen LogP contribution in [0.5, 0.6) is 0 Å². The lowest BCUT2D eigenvalue weighted by Gasteiger charge is -2.04. The largest absolute Gasteiger partial charge is 0.393 e. The third-order valence-electron chi connectivity index (χ3n) is 1.91. The molecule has 0 bridgehead atoms. The first-order chi connectivity index (χ1) is 7.22. The van der Waals surface area contributed by atoms with Crippen LogP contribution in [0.4, 0.5) is 0 Å². The highest BCUT2D eigenvalue weighted by Gasteiger charge is 2.01. The van der Waals surface area contributed by atoms with Crippen molar-refractivity contribution < 1.29 is 9.84 Å². The summed E-state index contributed by atoms with van der Waals surface area (Å²) >= 11 is 1.61. The molecule has 0 aromatic carbocycles. The first-order valence-electron chi connectivity index (χ1n) is 5.03. The number of hydrogen-bond donors (Lipinski definition) is 2. The van der Waals surface area contributed by atoms with Crippen LogP contribution < -0.4 is 5.32 Å². The molecule has 2 N–H and O–H groups in total. The molecule has 0 aliphatic heterocycles. The van der Waals surface area contributed by atoms with Gasteiger partial charge in [-0.25, -0.2) is 4.98 Å². The lowest BCUT2D eigenvalue weighted by Crippen LogP contribution is -2.18. The van der Waals surface area contributed by atoms with Gasteiger partial charge >= 0.3 is 0 Å². The van der Waals surface area contributed by atoms with E-state index in [4.69, 9.17) is 9.84 Å². The van der Waals surface area contributed by atoms with Crippen LogP contribution in [0, 0.1) is 0 Å². The van der Waals surface area contributed by atoms with Crippen LogP contribution in [-0.4, -0.2) is 29.8 Å². The molecule has 1 atom stereocenters. The molecule has 1 unspecified atom stereocenters. The summed E-state index contributed by atoms with van der Waals surface area (Å²) in [5, 5.41) is 15.3. The van der Waals surface area contributed by atoms with E-state index in [0.29, 0.717) is 6.61 Å². The second-order valence-electron chi connectivity index (χ2n) is 3.48. The molecule has 4 nitrogen and oxygen atoms in total. The number of methoxy groups -OCH3 is 1. The van der Waals surface area contributed by atoms with E-state index in [-0.39, 0.29) is 6.10 Å². The van der Waals surface area contributed by atoms with Gasteiger partial charge in [-0.15, -0.1) is 11.3 Å². The highest BCUT2D eigenvalue weighted by Crippen LogP contribution is 2.10. The number of nitrogens with one attached hydrogen (secondary N) is 1. The molecule has 0 saturated heterocycles. The number of hydrogen-bond acceptors (Lipinski definition) is 5. The number of aliphatic hydroxyl groups excluding tert-OH is 1. The summed E-state index contributed by atoms with van der Waals surface area (Å²) in [5.41, 5.74) is 1.04. The third-order valence-corrected chi connectivity index (χ3v) is 2.78. The maximum Gasteiger partial charge on any atom is 0.119 e. The van der Waals surface area contributed by atoms with Crippen molar-refractivity contribution in [3.8, 4) is 0 Å². The molecule has 1 aromatic rings. The highest BCUT2D eigenvalue weighted by atomic mass is 32.1. The van der Waals surface area contributed by atoms with Gasteiger partial charge in [0.05, 0.1) is 18.4 Å². The Morgan fingerprint density at radius 2 is 2.47 bits per heavy atom. The van der Waals surface area contributed by atoms with Crippen LogP contribution in [0.25, 0.3) is 0 Å². The molecule has 0 saturated carbocycles. The third kappa shape index (κ3) is 5.22. The van der Waals surface area contributed by atoms with Crippen molar-refractivity contribution >= 4 is 11.3 Å². The Balaban J connectivity index is 2.19. The molecular formula is C10H18N2O2S. The van der Waals surface area contributed by atoms with Crippen molar-refractivity contribution in [1.29, 1.82) is 0 Å². The minimum absolute atomic E-state index is 0.239. The topological polar surface area (TPSA) is 54.4 Å². The molecular weight excluding hydrogens is 212 g/mol. The molecule has 0 amide bonds. The van der Waals surface area contributed by atoms with Crippen LogP contribution in [-0.2, 0) is 17.9 Å². The molecule has 0 radical (unpaired) electrons. The zero-order valence-corrected chi connectivity index (χ0v) is 10.0. The fourth-order valence-electron chi connectivity index (χ4n) is 1.15. The summed E-state index contributed by atoms with van der Waals surface area (Å²) < 4.78 is 4.99. The van der Waals surface area contributed by atoms with Crippen molar-refractivity contribution in [2.75, 3.05) is 13.7 Å². The fourth-order valence-corrected chi connectivity index (χ4v) is 1.91. The lowest BCUT2D eigenvalue weighted by molar-refractivity contribution is 0.183. The lowest BCUT2D eigenvalue weighted by atomic mass is 10.3. The highest BCUT2D eigenvalue weighted by molar-refractivity contribution is 7.09. The van der Waals surface area contributed by atoms with E-state index in [1.54, 1.807) is 25.4 Å². The van der Waals surface area contributed by atoms with E-state index in [9.17, 15) is 0 Å². The van der Waals surface area contributed by atoms with Crippen molar-refractivity contribution in [2.24, 2.45) is 0 Å². The second-order valence-corrected chi connectivity index (χ2v) is 4.42. The Kier molecular flexibility index (Phi) is 5.78. The molecule has 86 valence electrons. The van der Waals surface area contributed by atoms with E-state index in [1.807, 2.05) is 5.38 Å². The minimum Gasteiger partial charge on any atom is -0.393 e. The molecule has 1 heterocycles. The van der Waals surface area contributed by atoms with E-state index in [1.165, 1.54) is 0 Å². The number of nitrogens with zero attached hydrogens (tertiary/aromatic N) is 1. The predicted octanol–water partition coefficient (Wildman–Crippen LogP) is 1.15. The molecule has 0 aliphatic rings. The summed E-state index contributed by atoms with van der Waals surface area (Å²) in [6, 6.07) is 0. The van der Waals surface area contributed by atoms with Crippen molar-refractivity contribution in [1.82, 2.24) is 10.3 Å². The van der Waals surface area contributed by atoms with Crippen LogP contribution >= 0.6 is 11.3 Å². The number of aliphatic hydroxyl groups is 1. The van der Waals surface area contributed by atoms with Gasteiger partial charge in [0.25, 0.3) is 0 Å². The quantitative estimate of drug-likeness (QED) is 0.690. The van der Waals surface area contributed by atoms with E-state index >= 15 is 0 Å². The fraction of sp³-hybridized carbons (Fsp3) is 0.700. The average Bonchev–Trinajstić information content (AvgIpc) is 2.61. The van der Waals surface area contributed by atoms with Gasteiger partial charge in [0.2, 0.25) is 0 Å². The van der Waals surface area contributed by atoms with Crippen LogP contribution in [0.3, 0.4) is 0 Å². The molecule has 0 spiro atoms. The second kappa shape index (κ2) is 6.90. The molecule has 1 aromatic heterocycles. The number of aromatic nitrogens is 1. The smallest absolute Gasteiger partial charge is 0.119 e. The van der Waals surface area contributed by atoms with Gasteiger partial charge in [0.1, 0.15) is 5.01 Å². The Hall–Kier alpha value is -0.490. The van der Waals surface area contributed by atoms with E-state index in [0.717, 1.165) is 30.2 Å². The van der Waals surface area contributed by atoms with Crippen molar-refractivity contribution in [3.05, 3.63) is 16.1 Å². The van der Waals surface area contributed by atoms with Gasteiger partial charge in [0.15, 0.2) is 0 Å². The minimum atomic E-state index is -0.239. The molecule has 0 aliphatic carbocycles. The van der Waals surface area contributed by atoms with Gasteiger partial charge in [-0.2, -0.15) is 0 Å². The number of rotatable bonds is 7. The Bertz CT molecular complexity index is 276. The van der Waals surface area contributed by atoms with Gasteiger partial charge in [0, 0.05) is 19.0 Å². The zero-order chi connectivity index (χ0) is 11.1. The first-order valence-corrected chi connectivity index (χ1v) is 5.91. The maximum absolute atomic E-state index is 9.05. The summed E-state index contributed by atoms with van der Waals surface area (Å²) in [7, 11) is 1.67. The Morgan fingerprint density at radius 3 is 3.13 bits per heavy atom. The van der Waals surface area contributed by atoms with Gasteiger partial charge < -0.3 is 15.2 Å². The molecule has 15 heavy (non-hydrogen) atoms. The van der Waals surface area contributed by atoms with E-state index < -0.39 is 0 Å². The van der Waals surface area contributed by atoms with Crippen LogP contribution in [0.2, 0.25) is 0 Å². The van der Waals surface area contributed by atoms with Gasteiger partial charge in [-0.1, -0.05) is 0 Å². The SMILES string of the molecule is COCc1nc(CNCCC(C)O)cs1. The summed E-state index contributed by atoms with van der Waals surface area (Å²) in [6.07, 6.45) is 0.534. The molecule has 5 heteroatoms. The number of ether oxygens (including phenoxy) is 1. The summed E-state index contributed by atoms with van der Waals surface area (Å²) in [6.45, 7) is 3.95. The predicted molar refractivity (Wildman–Crippen MR) is 60.8 cm³/mol. The molecule has 1 rings (SSSR count). The van der Waals surface area contributed by atoms with Crippen LogP contribution in [0.1, 0.15) is 24.0 Å². The first kappa shape index (κ1) is 12.6. The normalized spacial score (nSPS) is 13.0.